The number of ether oxygens (including phenoxy) is 1. The summed E-state index contributed by atoms with van der Waals surface area (Å²) in [7, 11) is 2.90. The van der Waals surface area contributed by atoms with E-state index in [0.717, 1.165) is 30.7 Å². The van der Waals surface area contributed by atoms with Crippen molar-refractivity contribution in [2.24, 2.45) is 13.0 Å². The van der Waals surface area contributed by atoms with Crippen molar-refractivity contribution in [2.45, 2.75) is 12.6 Å². The predicted octanol–water partition coefficient (Wildman–Crippen LogP) is 1.79. The minimum Gasteiger partial charge on any atom is -0.383 e. The van der Waals surface area contributed by atoms with Crippen molar-refractivity contribution in [1.82, 2.24) is 20.0 Å². The van der Waals surface area contributed by atoms with Gasteiger partial charge in [-0.2, -0.15) is 18.3 Å². The van der Waals surface area contributed by atoms with Crippen LogP contribution < -0.4 is 5.32 Å². The summed E-state index contributed by atoms with van der Waals surface area (Å²) in [5.41, 5.74) is -1.53. The van der Waals surface area contributed by atoms with Crippen LogP contribution in [0.15, 0.2) is 0 Å². The lowest BCUT2D eigenvalue weighted by molar-refractivity contribution is -0.141. The van der Waals surface area contributed by atoms with Gasteiger partial charge in [0.1, 0.15) is 10.7 Å². The van der Waals surface area contributed by atoms with Crippen molar-refractivity contribution in [1.29, 1.82) is 0 Å². The lowest BCUT2D eigenvalue weighted by Gasteiger charge is -2.15. The van der Waals surface area contributed by atoms with E-state index in [9.17, 15) is 18.0 Å². The summed E-state index contributed by atoms with van der Waals surface area (Å²) in [4.78, 5) is 14.4. The Kier molecular flexibility index (Phi) is 6.11. The highest BCUT2D eigenvalue weighted by Gasteiger charge is 2.39. The van der Waals surface area contributed by atoms with Crippen molar-refractivity contribution in [2.75, 3.05) is 39.9 Å². The molecule has 2 heterocycles. The second-order valence-corrected chi connectivity index (χ2v) is 6.17. The molecule has 1 aromatic rings. The molecule has 136 valence electrons. The molecule has 24 heavy (non-hydrogen) atoms. The number of rotatable bonds is 6. The number of hydrogen-bond acceptors (Lipinski definition) is 4. The van der Waals surface area contributed by atoms with E-state index in [4.69, 9.17) is 16.3 Å². The Morgan fingerprint density at radius 2 is 2.21 bits per heavy atom. The van der Waals surface area contributed by atoms with Gasteiger partial charge in [-0.1, -0.05) is 11.6 Å². The Labute approximate surface area is 142 Å². The fourth-order valence-corrected chi connectivity index (χ4v) is 3.10. The summed E-state index contributed by atoms with van der Waals surface area (Å²) in [6, 6.07) is 0. The van der Waals surface area contributed by atoms with Crippen molar-refractivity contribution >= 4 is 17.5 Å². The Bertz CT molecular complexity index is 591. The Morgan fingerprint density at radius 1 is 1.50 bits per heavy atom. The molecule has 0 bridgehead atoms. The van der Waals surface area contributed by atoms with Gasteiger partial charge >= 0.3 is 6.18 Å². The average molecular weight is 369 g/mol. The molecule has 10 heteroatoms. The molecule has 2 rings (SSSR count). The maximum absolute atomic E-state index is 12.8. The molecule has 1 amide bonds. The van der Waals surface area contributed by atoms with Crippen molar-refractivity contribution in [3.63, 3.8) is 0 Å². The van der Waals surface area contributed by atoms with Crippen LogP contribution in [0.2, 0.25) is 5.02 Å². The van der Waals surface area contributed by atoms with Crippen molar-refractivity contribution < 1.29 is 22.7 Å². The fourth-order valence-electron chi connectivity index (χ4n) is 2.75. The molecule has 1 atom stereocenters. The molecule has 0 aliphatic carbocycles. The van der Waals surface area contributed by atoms with Gasteiger partial charge in [-0.25, -0.2) is 0 Å². The zero-order valence-corrected chi connectivity index (χ0v) is 14.2. The smallest absolute Gasteiger partial charge is 0.383 e. The summed E-state index contributed by atoms with van der Waals surface area (Å²) in [6.07, 6.45) is -3.78. The lowest BCUT2D eigenvalue weighted by Crippen LogP contribution is -2.32. The molecule has 0 saturated carbocycles. The van der Waals surface area contributed by atoms with Gasteiger partial charge in [0.15, 0.2) is 5.69 Å². The van der Waals surface area contributed by atoms with Gasteiger partial charge < -0.3 is 15.0 Å². The SMILES string of the molecule is COCCN1CC[C@H](CNC(=O)c2c(Cl)c(C(F)(F)F)nn2C)C1. The molecule has 1 aliphatic rings. The van der Waals surface area contributed by atoms with Gasteiger partial charge in [-0.05, 0) is 18.9 Å². The maximum Gasteiger partial charge on any atom is 0.436 e. The molecule has 1 saturated heterocycles. The monoisotopic (exact) mass is 368 g/mol. The van der Waals surface area contributed by atoms with Gasteiger partial charge in [-0.3, -0.25) is 9.48 Å². The Morgan fingerprint density at radius 3 is 2.79 bits per heavy atom. The normalized spacial score (nSPS) is 19.0. The molecule has 1 N–H and O–H groups in total. The van der Waals surface area contributed by atoms with E-state index in [-0.39, 0.29) is 11.6 Å². The predicted molar refractivity (Wildman–Crippen MR) is 82.0 cm³/mol. The number of aromatic nitrogens is 2. The van der Waals surface area contributed by atoms with Gasteiger partial charge in [0.2, 0.25) is 0 Å². The summed E-state index contributed by atoms with van der Waals surface area (Å²) in [5.74, 6) is -0.402. The number of alkyl halides is 3. The number of halogens is 4. The van der Waals surface area contributed by atoms with Crippen LogP contribution in [-0.2, 0) is 18.0 Å². The Balaban J connectivity index is 1.93. The number of nitrogens with one attached hydrogen (secondary N) is 1. The highest BCUT2D eigenvalue weighted by atomic mass is 35.5. The van der Waals surface area contributed by atoms with E-state index < -0.39 is 22.8 Å². The van der Waals surface area contributed by atoms with E-state index in [1.165, 1.54) is 7.05 Å². The topological polar surface area (TPSA) is 59.4 Å². The van der Waals surface area contributed by atoms with Crippen LogP contribution >= 0.6 is 11.6 Å². The zero-order chi connectivity index (χ0) is 17.9. The summed E-state index contributed by atoms with van der Waals surface area (Å²) >= 11 is 5.70. The molecule has 0 radical (unpaired) electrons. The minimum atomic E-state index is -4.69. The second kappa shape index (κ2) is 7.71. The maximum atomic E-state index is 12.8. The molecule has 1 aliphatic heterocycles. The molecule has 1 fully saturated rings. The van der Waals surface area contributed by atoms with Crippen LogP contribution in [0.5, 0.6) is 0 Å². The van der Waals surface area contributed by atoms with Crippen LogP contribution in [0, 0.1) is 5.92 Å². The molecule has 1 aromatic heterocycles. The first-order valence-electron chi connectivity index (χ1n) is 7.53. The highest BCUT2D eigenvalue weighted by Crippen LogP contribution is 2.35. The number of likely N-dealkylation sites (tertiary alicyclic amines) is 1. The second-order valence-electron chi connectivity index (χ2n) is 5.79. The van der Waals surface area contributed by atoms with E-state index in [0.29, 0.717) is 13.2 Å². The van der Waals surface area contributed by atoms with E-state index in [1.807, 2.05) is 0 Å². The number of methoxy groups -OCH3 is 1. The van der Waals surface area contributed by atoms with Crippen LogP contribution in [0.4, 0.5) is 13.2 Å². The van der Waals surface area contributed by atoms with E-state index in [2.05, 4.69) is 15.3 Å². The third kappa shape index (κ3) is 4.40. The standard InChI is InChI=1S/C14H20ClF3N4O2/c1-21-11(10(15)12(20-21)14(16,17)18)13(23)19-7-9-3-4-22(8-9)5-6-24-2/h9H,3-8H2,1-2H3,(H,19,23)/t9-/m1/s1. The molecule has 6 nitrogen and oxygen atoms in total. The lowest BCUT2D eigenvalue weighted by atomic mass is 10.1. The molecule has 0 aromatic carbocycles. The van der Waals surface area contributed by atoms with Crippen LogP contribution in [0.25, 0.3) is 0 Å². The Hall–Kier alpha value is -1.32. The van der Waals surface area contributed by atoms with Crippen molar-refractivity contribution in [3.8, 4) is 0 Å². The summed E-state index contributed by atoms with van der Waals surface area (Å²) in [5, 5.41) is 5.29. The van der Waals surface area contributed by atoms with E-state index >= 15 is 0 Å². The highest BCUT2D eigenvalue weighted by molar-refractivity contribution is 6.34. The van der Waals surface area contributed by atoms with Gasteiger partial charge in [0.25, 0.3) is 5.91 Å². The van der Waals surface area contributed by atoms with Gasteiger partial charge in [-0.15, -0.1) is 0 Å². The minimum absolute atomic E-state index is 0.250. The quantitative estimate of drug-likeness (QED) is 0.831. The number of carbonyl (C=O) groups is 1. The molecular weight excluding hydrogens is 349 g/mol. The number of hydrogen-bond donors (Lipinski definition) is 1. The fraction of sp³-hybridized carbons (Fsp3) is 0.714. The number of amides is 1. The van der Waals surface area contributed by atoms with E-state index in [1.54, 1.807) is 7.11 Å². The van der Waals surface area contributed by atoms with Crippen LogP contribution in [0.3, 0.4) is 0 Å². The summed E-state index contributed by atoms with van der Waals surface area (Å²) < 4.78 is 44.2. The van der Waals surface area contributed by atoms with Crippen molar-refractivity contribution in [3.05, 3.63) is 16.4 Å². The third-order valence-electron chi connectivity index (χ3n) is 4.01. The first-order valence-corrected chi connectivity index (χ1v) is 7.91. The third-order valence-corrected chi connectivity index (χ3v) is 4.36. The number of aryl methyl sites for hydroxylation is 1. The van der Waals surface area contributed by atoms with Crippen LogP contribution in [0.1, 0.15) is 22.6 Å². The number of carbonyl (C=O) groups excluding carboxylic acids is 1. The average Bonchev–Trinajstić information content (AvgIpc) is 3.06. The van der Waals surface area contributed by atoms with Crippen LogP contribution in [-0.4, -0.2) is 60.5 Å². The first kappa shape index (κ1) is 19.0. The largest absolute Gasteiger partial charge is 0.436 e. The van der Waals surface area contributed by atoms with Gasteiger partial charge in [0.05, 0.1) is 6.61 Å². The van der Waals surface area contributed by atoms with Gasteiger partial charge in [0, 0.05) is 33.8 Å². The molecular formula is C14H20ClF3N4O2. The molecule has 0 spiro atoms. The first-order chi connectivity index (χ1) is 11.2. The zero-order valence-electron chi connectivity index (χ0n) is 13.5. The molecule has 0 unspecified atom stereocenters. The summed E-state index contributed by atoms with van der Waals surface area (Å²) in [6.45, 7) is 3.57. The number of nitrogens with zero attached hydrogens (tertiary/aromatic N) is 3.